The highest BCUT2D eigenvalue weighted by atomic mass is 35.5. The minimum Gasteiger partial charge on any atom is -0.497 e. The molecule has 0 radical (unpaired) electrons. The molecule has 1 N–H and O–H groups in total. The number of aliphatic carboxylic acids is 1. The van der Waals surface area contributed by atoms with Crippen LogP contribution in [0.2, 0.25) is 5.02 Å². The lowest BCUT2D eigenvalue weighted by Gasteiger charge is -2.28. The third-order valence-electron chi connectivity index (χ3n) is 7.01. The second-order valence-corrected chi connectivity index (χ2v) is 10.5. The predicted molar refractivity (Wildman–Crippen MR) is 164 cm³/mol. The van der Waals surface area contributed by atoms with Crippen molar-refractivity contribution >= 4 is 29.3 Å². The number of halogens is 1. The largest absolute Gasteiger partial charge is 0.497 e. The Morgan fingerprint density at radius 2 is 1.51 bits per heavy atom. The molecule has 0 aromatic heterocycles. The topological polar surface area (TPSA) is 130 Å². The minimum absolute atomic E-state index is 0.0397. The fourth-order valence-corrected chi connectivity index (χ4v) is 4.84. The van der Waals surface area contributed by atoms with Crippen LogP contribution in [-0.2, 0) is 32.4 Å². The van der Waals surface area contributed by atoms with Crippen LogP contribution in [0.15, 0.2) is 60.7 Å². The maximum absolute atomic E-state index is 13.3. The van der Waals surface area contributed by atoms with E-state index < -0.39 is 18.2 Å². The summed E-state index contributed by atoms with van der Waals surface area (Å²) in [6.07, 6.45) is 1.59. The molecule has 0 saturated carbocycles. The zero-order chi connectivity index (χ0) is 32.2. The average Bonchev–Trinajstić information content (AvgIpc) is 3.06. The normalized spacial score (nSPS) is 14.3. The standard InChI is InChI=1S/C33H36ClNO10/c1-40-24-12-8-22(9-13-24)20-43-28-17-16-26(30(34)31(28)44-21-23-10-14-25(41-2)15-11-23)27(36)6-5-18-35(32(37)33(38)39)45-29-7-3-4-19-42-29/h8-17,29H,3-7,18-21H2,1-2H3,(H,38,39). The number of carboxylic acids is 1. The van der Waals surface area contributed by atoms with Crippen molar-refractivity contribution in [1.82, 2.24) is 5.06 Å². The van der Waals surface area contributed by atoms with Crippen LogP contribution in [0.1, 0.15) is 53.6 Å². The summed E-state index contributed by atoms with van der Waals surface area (Å²) in [7, 11) is 3.18. The first-order valence-electron chi connectivity index (χ1n) is 14.5. The Morgan fingerprint density at radius 3 is 2.07 bits per heavy atom. The third kappa shape index (κ3) is 9.58. The molecule has 12 heteroatoms. The van der Waals surface area contributed by atoms with Gasteiger partial charge in [-0.1, -0.05) is 35.9 Å². The quantitative estimate of drug-likeness (QED) is 0.123. The number of ether oxygens (including phenoxy) is 5. The zero-order valence-electron chi connectivity index (χ0n) is 25.2. The summed E-state index contributed by atoms with van der Waals surface area (Å²) < 4.78 is 28.1. The Bertz CT molecular complexity index is 1440. The first-order valence-corrected chi connectivity index (χ1v) is 14.9. The van der Waals surface area contributed by atoms with Crippen molar-refractivity contribution in [2.45, 2.75) is 51.6 Å². The van der Waals surface area contributed by atoms with Crippen LogP contribution in [0.25, 0.3) is 0 Å². The molecule has 11 nitrogen and oxygen atoms in total. The Labute approximate surface area is 266 Å². The number of carboxylic acid groups (broad SMARTS) is 1. The van der Waals surface area contributed by atoms with E-state index >= 15 is 0 Å². The van der Waals surface area contributed by atoms with E-state index in [4.69, 9.17) is 40.1 Å². The van der Waals surface area contributed by atoms with Crippen molar-refractivity contribution in [3.8, 4) is 23.0 Å². The Balaban J connectivity index is 1.47. The van der Waals surface area contributed by atoms with E-state index in [0.717, 1.165) is 34.8 Å². The summed E-state index contributed by atoms with van der Waals surface area (Å²) in [5, 5.41) is 10.0. The summed E-state index contributed by atoms with van der Waals surface area (Å²) in [4.78, 5) is 42.4. The van der Waals surface area contributed by atoms with Crippen LogP contribution >= 0.6 is 11.6 Å². The zero-order valence-corrected chi connectivity index (χ0v) is 25.9. The van der Waals surface area contributed by atoms with Gasteiger partial charge < -0.3 is 28.8 Å². The number of hydrogen-bond donors (Lipinski definition) is 1. The molecule has 1 saturated heterocycles. The highest BCUT2D eigenvalue weighted by Gasteiger charge is 2.27. The van der Waals surface area contributed by atoms with Gasteiger partial charge in [0.1, 0.15) is 24.7 Å². The number of ketones is 1. The van der Waals surface area contributed by atoms with Crippen LogP contribution < -0.4 is 18.9 Å². The lowest BCUT2D eigenvalue weighted by molar-refractivity contribution is -0.279. The Morgan fingerprint density at radius 1 is 0.889 bits per heavy atom. The number of methoxy groups -OCH3 is 2. The molecule has 1 aliphatic heterocycles. The van der Waals surface area contributed by atoms with Crippen molar-refractivity contribution in [1.29, 1.82) is 0 Å². The van der Waals surface area contributed by atoms with Gasteiger partial charge in [0.05, 0.1) is 19.2 Å². The molecule has 1 amide bonds. The summed E-state index contributed by atoms with van der Waals surface area (Å²) >= 11 is 6.76. The fraction of sp³-hybridized carbons (Fsp3) is 0.364. The number of benzene rings is 3. The molecular weight excluding hydrogens is 606 g/mol. The second-order valence-electron chi connectivity index (χ2n) is 10.2. The smallest absolute Gasteiger partial charge is 0.396 e. The van der Waals surface area contributed by atoms with Gasteiger partial charge in [-0.2, -0.15) is 0 Å². The van der Waals surface area contributed by atoms with Crippen molar-refractivity contribution < 1.29 is 48.0 Å². The molecule has 0 aliphatic carbocycles. The van der Waals surface area contributed by atoms with E-state index in [-0.39, 0.29) is 54.7 Å². The number of carbonyl (C=O) groups is 3. The maximum Gasteiger partial charge on any atom is 0.396 e. The molecule has 1 aliphatic rings. The number of amides is 1. The first kappa shape index (κ1) is 33.6. The predicted octanol–water partition coefficient (Wildman–Crippen LogP) is 5.85. The minimum atomic E-state index is -1.66. The number of nitrogens with zero attached hydrogens (tertiary/aromatic N) is 1. The molecule has 4 rings (SSSR count). The van der Waals surface area contributed by atoms with Gasteiger partial charge in [-0.15, -0.1) is 0 Å². The molecule has 1 unspecified atom stereocenters. The van der Waals surface area contributed by atoms with Gasteiger partial charge >= 0.3 is 11.9 Å². The SMILES string of the molecule is COc1ccc(COc2ccc(C(=O)CCCN(OC3CCCCO3)C(=O)C(=O)O)c(Cl)c2OCc2ccc(OC)cc2)cc1. The summed E-state index contributed by atoms with van der Waals surface area (Å²) in [5.41, 5.74) is 1.93. The van der Waals surface area contributed by atoms with Crippen LogP contribution in [0.3, 0.4) is 0 Å². The maximum atomic E-state index is 13.3. The molecule has 1 heterocycles. The molecule has 0 spiro atoms. The Hall–Kier alpha value is -4.32. The molecule has 3 aromatic carbocycles. The van der Waals surface area contributed by atoms with E-state index in [2.05, 4.69) is 0 Å². The molecule has 0 bridgehead atoms. The van der Waals surface area contributed by atoms with Gasteiger partial charge in [0, 0.05) is 31.6 Å². The monoisotopic (exact) mass is 641 g/mol. The van der Waals surface area contributed by atoms with Crippen molar-refractivity contribution in [2.24, 2.45) is 0 Å². The highest BCUT2D eigenvalue weighted by molar-refractivity contribution is 6.35. The molecule has 240 valence electrons. The third-order valence-corrected chi connectivity index (χ3v) is 7.39. The van der Waals surface area contributed by atoms with Gasteiger partial charge in [-0.25, -0.2) is 14.7 Å². The summed E-state index contributed by atoms with van der Waals surface area (Å²) in [6, 6.07) is 17.9. The molecular formula is C33H36ClNO10. The average molecular weight is 642 g/mol. The van der Waals surface area contributed by atoms with Gasteiger partial charge in [0.25, 0.3) is 0 Å². The van der Waals surface area contributed by atoms with Gasteiger partial charge in [-0.3, -0.25) is 9.59 Å². The highest BCUT2D eigenvalue weighted by Crippen LogP contribution is 2.39. The van der Waals surface area contributed by atoms with Crippen LogP contribution in [-0.4, -0.2) is 61.5 Å². The van der Waals surface area contributed by atoms with Crippen molar-refractivity contribution in [3.05, 3.63) is 82.4 Å². The van der Waals surface area contributed by atoms with E-state index in [1.54, 1.807) is 26.4 Å². The van der Waals surface area contributed by atoms with Gasteiger partial charge in [0.15, 0.2) is 23.6 Å². The van der Waals surface area contributed by atoms with Crippen molar-refractivity contribution in [3.63, 3.8) is 0 Å². The van der Waals surface area contributed by atoms with E-state index in [0.29, 0.717) is 24.5 Å². The van der Waals surface area contributed by atoms with Crippen molar-refractivity contribution in [2.75, 3.05) is 27.4 Å². The number of hydroxylamine groups is 2. The molecule has 1 fully saturated rings. The number of Topliss-reactive ketones (excluding diaryl/α,β-unsaturated/α-hetero) is 1. The number of rotatable bonds is 15. The molecule has 3 aromatic rings. The van der Waals surface area contributed by atoms with Crippen LogP contribution in [0, 0.1) is 0 Å². The lowest BCUT2D eigenvalue weighted by Crippen LogP contribution is -2.41. The van der Waals surface area contributed by atoms with E-state index in [9.17, 15) is 19.5 Å². The number of carbonyl (C=O) groups excluding carboxylic acids is 2. The van der Waals surface area contributed by atoms with Gasteiger partial charge in [0.2, 0.25) is 0 Å². The molecule has 45 heavy (non-hydrogen) atoms. The lowest BCUT2D eigenvalue weighted by atomic mass is 10.1. The van der Waals surface area contributed by atoms with E-state index in [1.165, 1.54) is 0 Å². The van der Waals surface area contributed by atoms with Gasteiger partial charge in [-0.05, 0) is 66.8 Å². The molecule has 1 atom stereocenters. The van der Waals surface area contributed by atoms with Crippen LogP contribution in [0.4, 0.5) is 0 Å². The second kappa shape index (κ2) is 16.7. The number of hydrogen-bond acceptors (Lipinski definition) is 9. The van der Waals surface area contributed by atoms with E-state index in [1.807, 2.05) is 48.5 Å². The fourth-order valence-electron chi connectivity index (χ4n) is 4.52. The summed E-state index contributed by atoms with van der Waals surface area (Å²) in [5.74, 6) is -1.25. The summed E-state index contributed by atoms with van der Waals surface area (Å²) in [6.45, 7) is 0.690. The van der Waals surface area contributed by atoms with Crippen LogP contribution in [0.5, 0.6) is 23.0 Å². The Kier molecular flexibility index (Phi) is 12.4. The first-order chi connectivity index (χ1) is 21.8.